The average Bonchev–Trinajstić information content (AvgIpc) is 3.23. The lowest BCUT2D eigenvalue weighted by molar-refractivity contribution is 0.0511. The summed E-state index contributed by atoms with van der Waals surface area (Å²) in [6.45, 7) is 4.40. The molecular formula is C23H35N3O4. The number of guanidine groups is 1. The van der Waals surface area contributed by atoms with Crippen molar-refractivity contribution in [2.45, 2.75) is 43.9 Å². The largest absolute Gasteiger partial charge is 0.454 e. The zero-order valence-corrected chi connectivity index (χ0v) is 18.3. The predicted octanol–water partition coefficient (Wildman–Crippen LogP) is 2.84. The molecule has 2 aliphatic heterocycles. The van der Waals surface area contributed by atoms with Crippen molar-refractivity contribution in [1.82, 2.24) is 10.6 Å². The van der Waals surface area contributed by atoms with Crippen LogP contribution in [0.4, 0.5) is 0 Å². The van der Waals surface area contributed by atoms with E-state index in [-0.39, 0.29) is 5.41 Å². The maximum atomic E-state index is 5.68. The summed E-state index contributed by atoms with van der Waals surface area (Å²) < 4.78 is 22.1. The van der Waals surface area contributed by atoms with Gasteiger partial charge in [0, 0.05) is 52.5 Å². The SMILES string of the molecule is CN=C(NCC1(CCOC)CCC1)NCC1(c2ccc3c(c2)OCO3)CCOCC1. The fourth-order valence-corrected chi connectivity index (χ4v) is 4.81. The molecule has 2 N–H and O–H groups in total. The first kappa shape index (κ1) is 21.2. The molecule has 1 saturated heterocycles. The van der Waals surface area contributed by atoms with Crippen molar-refractivity contribution in [3.8, 4) is 11.5 Å². The van der Waals surface area contributed by atoms with Gasteiger partial charge in [0.1, 0.15) is 0 Å². The minimum Gasteiger partial charge on any atom is -0.454 e. The maximum absolute atomic E-state index is 5.68. The normalized spacial score (nSPS) is 21.7. The van der Waals surface area contributed by atoms with Gasteiger partial charge in [-0.2, -0.15) is 0 Å². The lowest BCUT2D eigenvalue weighted by Gasteiger charge is -2.42. The molecule has 0 amide bonds. The zero-order chi connectivity index (χ0) is 20.9. The van der Waals surface area contributed by atoms with Gasteiger partial charge in [0.05, 0.1) is 0 Å². The molecule has 7 heteroatoms. The van der Waals surface area contributed by atoms with E-state index >= 15 is 0 Å². The molecule has 0 bridgehead atoms. The van der Waals surface area contributed by atoms with Crippen molar-refractivity contribution >= 4 is 5.96 Å². The third-order valence-electron chi connectivity index (χ3n) is 7.13. The number of ether oxygens (including phenoxy) is 4. The molecule has 166 valence electrons. The molecule has 2 heterocycles. The van der Waals surface area contributed by atoms with Crippen LogP contribution in [0.15, 0.2) is 23.2 Å². The Hall–Kier alpha value is -1.99. The van der Waals surface area contributed by atoms with Crippen LogP contribution in [0.3, 0.4) is 0 Å². The van der Waals surface area contributed by atoms with Crippen LogP contribution in [0.25, 0.3) is 0 Å². The molecule has 3 aliphatic rings. The van der Waals surface area contributed by atoms with Gasteiger partial charge in [0.2, 0.25) is 6.79 Å². The van der Waals surface area contributed by atoms with Crippen molar-refractivity contribution in [3.63, 3.8) is 0 Å². The topological polar surface area (TPSA) is 73.3 Å². The molecule has 30 heavy (non-hydrogen) atoms. The van der Waals surface area contributed by atoms with Crippen LogP contribution in [-0.2, 0) is 14.9 Å². The molecule has 2 fully saturated rings. The first-order chi connectivity index (χ1) is 14.7. The molecule has 4 rings (SSSR count). The lowest BCUT2D eigenvalue weighted by Crippen LogP contribution is -2.51. The fraction of sp³-hybridized carbons (Fsp3) is 0.696. The zero-order valence-electron chi connectivity index (χ0n) is 18.3. The Morgan fingerprint density at radius 2 is 1.83 bits per heavy atom. The third-order valence-corrected chi connectivity index (χ3v) is 7.13. The highest BCUT2D eigenvalue weighted by atomic mass is 16.7. The first-order valence-corrected chi connectivity index (χ1v) is 11.1. The quantitative estimate of drug-likeness (QED) is 0.501. The third kappa shape index (κ3) is 4.52. The van der Waals surface area contributed by atoms with E-state index < -0.39 is 0 Å². The van der Waals surface area contributed by atoms with E-state index in [1.54, 1.807) is 7.11 Å². The molecule has 0 radical (unpaired) electrons. The van der Waals surface area contributed by atoms with E-state index in [0.717, 1.165) is 69.6 Å². The molecule has 0 aromatic heterocycles. The summed E-state index contributed by atoms with van der Waals surface area (Å²) in [6.07, 6.45) is 6.87. The van der Waals surface area contributed by atoms with Crippen molar-refractivity contribution in [1.29, 1.82) is 0 Å². The van der Waals surface area contributed by atoms with E-state index in [1.165, 1.54) is 24.8 Å². The van der Waals surface area contributed by atoms with Gasteiger partial charge < -0.3 is 29.6 Å². The van der Waals surface area contributed by atoms with Gasteiger partial charge in [-0.1, -0.05) is 12.5 Å². The van der Waals surface area contributed by atoms with Gasteiger partial charge in [-0.25, -0.2) is 0 Å². The summed E-state index contributed by atoms with van der Waals surface area (Å²) in [4.78, 5) is 4.48. The maximum Gasteiger partial charge on any atom is 0.231 e. The van der Waals surface area contributed by atoms with Gasteiger partial charge in [-0.05, 0) is 55.2 Å². The summed E-state index contributed by atoms with van der Waals surface area (Å²) in [6, 6.07) is 6.34. The van der Waals surface area contributed by atoms with Crippen LogP contribution in [0.5, 0.6) is 11.5 Å². The van der Waals surface area contributed by atoms with Crippen LogP contribution in [0.2, 0.25) is 0 Å². The summed E-state index contributed by atoms with van der Waals surface area (Å²) >= 11 is 0. The molecule has 0 spiro atoms. The highest BCUT2D eigenvalue weighted by Gasteiger charge is 2.38. The Labute approximate surface area is 179 Å². The second-order valence-electron chi connectivity index (χ2n) is 8.84. The standard InChI is InChI=1S/C23H35N3O4/c1-24-21(25-15-22(6-3-7-22)8-11-27-2)26-16-23(9-12-28-13-10-23)18-4-5-19-20(14-18)30-17-29-19/h4-5,14H,3,6-13,15-17H2,1-2H3,(H2,24,25,26). The predicted molar refractivity (Wildman–Crippen MR) is 116 cm³/mol. The number of fused-ring (bicyclic) bond motifs is 1. The van der Waals surface area contributed by atoms with Crippen molar-refractivity contribution in [2.75, 3.05) is 53.9 Å². The highest BCUT2D eigenvalue weighted by molar-refractivity contribution is 5.79. The molecule has 0 unspecified atom stereocenters. The van der Waals surface area contributed by atoms with Gasteiger partial charge in [-0.3, -0.25) is 4.99 Å². The smallest absolute Gasteiger partial charge is 0.231 e. The van der Waals surface area contributed by atoms with Gasteiger partial charge in [0.25, 0.3) is 0 Å². The van der Waals surface area contributed by atoms with Crippen molar-refractivity contribution in [3.05, 3.63) is 23.8 Å². The number of hydrogen-bond acceptors (Lipinski definition) is 5. The summed E-state index contributed by atoms with van der Waals surface area (Å²) in [5.74, 6) is 2.53. The monoisotopic (exact) mass is 417 g/mol. The minimum absolute atomic E-state index is 0.0128. The Kier molecular flexibility index (Phi) is 6.68. The van der Waals surface area contributed by atoms with Gasteiger partial charge >= 0.3 is 0 Å². The molecule has 0 atom stereocenters. The number of hydrogen-bond donors (Lipinski definition) is 2. The molecule has 1 aliphatic carbocycles. The number of nitrogens with zero attached hydrogens (tertiary/aromatic N) is 1. The number of aliphatic imine (C=N–C) groups is 1. The summed E-state index contributed by atoms with van der Waals surface area (Å²) in [7, 11) is 3.62. The number of methoxy groups -OCH3 is 1. The van der Waals surface area contributed by atoms with E-state index in [2.05, 4.69) is 27.8 Å². The van der Waals surface area contributed by atoms with E-state index in [4.69, 9.17) is 18.9 Å². The van der Waals surface area contributed by atoms with Gasteiger partial charge in [-0.15, -0.1) is 0 Å². The van der Waals surface area contributed by atoms with E-state index in [1.807, 2.05) is 13.1 Å². The second-order valence-corrected chi connectivity index (χ2v) is 8.84. The molecule has 1 aromatic rings. The first-order valence-electron chi connectivity index (χ1n) is 11.1. The lowest BCUT2D eigenvalue weighted by atomic mass is 9.67. The Balaban J connectivity index is 1.40. The van der Waals surface area contributed by atoms with Crippen LogP contribution in [0, 0.1) is 5.41 Å². The minimum atomic E-state index is -0.0128. The van der Waals surface area contributed by atoms with Crippen LogP contribution >= 0.6 is 0 Å². The van der Waals surface area contributed by atoms with E-state index in [0.29, 0.717) is 12.2 Å². The highest BCUT2D eigenvalue weighted by Crippen LogP contribution is 2.43. The number of benzene rings is 1. The van der Waals surface area contributed by atoms with Crippen molar-refractivity contribution in [2.24, 2.45) is 10.4 Å². The van der Waals surface area contributed by atoms with Gasteiger partial charge in [0.15, 0.2) is 17.5 Å². The number of nitrogens with one attached hydrogen (secondary N) is 2. The number of rotatable bonds is 8. The van der Waals surface area contributed by atoms with Crippen LogP contribution in [0.1, 0.15) is 44.1 Å². The Morgan fingerprint density at radius 1 is 1.07 bits per heavy atom. The van der Waals surface area contributed by atoms with Crippen LogP contribution < -0.4 is 20.1 Å². The summed E-state index contributed by atoms with van der Waals surface area (Å²) in [5, 5.41) is 7.18. The molecule has 7 nitrogen and oxygen atoms in total. The fourth-order valence-electron chi connectivity index (χ4n) is 4.81. The summed E-state index contributed by atoms with van der Waals surface area (Å²) in [5.41, 5.74) is 1.61. The molecule has 1 saturated carbocycles. The molecular weight excluding hydrogens is 382 g/mol. The average molecular weight is 418 g/mol. The molecule has 1 aromatic carbocycles. The Morgan fingerprint density at radius 3 is 2.53 bits per heavy atom. The van der Waals surface area contributed by atoms with E-state index in [9.17, 15) is 0 Å². The van der Waals surface area contributed by atoms with Crippen molar-refractivity contribution < 1.29 is 18.9 Å². The Bertz CT molecular complexity index is 742. The van der Waals surface area contributed by atoms with Crippen LogP contribution in [-0.4, -0.2) is 59.8 Å². The second kappa shape index (κ2) is 9.43.